The third-order valence-electron chi connectivity index (χ3n) is 7.92. The summed E-state index contributed by atoms with van der Waals surface area (Å²) in [4.78, 5) is 0. The molecule has 0 bridgehead atoms. The van der Waals surface area contributed by atoms with Crippen LogP contribution in [0.1, 0.15) is 99.0 Å². The van der Waals surface area contributed by atoms with Gasteiger partial charge in [0.15, 0.2) is 11.6 Å². The first-order chi connectivity index (χ1) is 15.6. The highest BCUT2D eigenvalue weighted by atomic mass is 19.2. The van der Waals surface area contributed by atoms with E-state index in [0.29, 0.717) is 23.0 Å². The number of hydrogen-bond acceptors (Lipinski definition) is 1. The second-order valence-electron chi connectivity index (χ2n) is 10.1. The SMILES string of the molecule is CCCCCc1ccc(C2CCC(C3CCC(c4ccc(C)c(F)c4F)CC3)CO2)cc1. The van der Waals surface area contributed by atoms with Crippen LogP contribution >= 0.6 is 0 Å². The van der Waals surface area contributed by atoms with Crippen LogP contribution < -0.4 is 0 Å². The van der Waals surface area contributed by atoms with Gasteiger partial charge in [0.05, 0.1) is 12.7 Å². The van der Waals surface area contributed by atoms with Crippen LogP contribution in [-0.4, -0.2) is 6.61 Å². The molecule has 1 aliphatic heterocycles. The zero-order chi connectivity index (χ0) is 22.5. The lowest BCUT2D eigenvalue weighted by Crippen LogP contribution is -2.29. The molecule has 2 aromatic rings. The van der Waals surface area contributed by atoms with Crippen LogP contribution in [0.25, 0.3) is 0 Å². The smallest absolute Gasteiger partial charge is 0.162 e. The molecule has 2 fully saturated rings. The maximum absolute atomic E-state index is 14.4. The molecule has 0 spiro atoms. The molecule has 174 valence electrons. The zero-order valence-corrected chi connectivity index (χ0v) is 19.7. The summed E-state index contributed by atoms with van der Waals surface area (Å²) in [5.41, 5.74) is 3.70. The molecule has 1 saturated carbocycles. The zero-order valence-electron chi connectivity index (χ0n) is 19.7. The van der Waals surface area contributed by atoms with E-state index < -0.39 is 11.6 Å². The molecule has 1 aliphatic carbocycles. The van der Waals surface area contributed by atoms with Gasteiger partial charge in [-0.3, -0.25) is 0 Å². The second-order valence-corrected chi connectivity index (χ2v) is 10.1. The maximum Gasteiger partial charge on any atom is 0.162 e. The summed E-state index contributed by atoms with van der Waals surface area (Å²) in [6, 6.07) is 12.6. The van der Waals surface area contributed by atoms with E-state index in [1.807, 2.05) is 0 Å². The van der Waals surface area contributed by atoms with Crippen molar-refractivity contribution < 1.29 is 13.5 Å². The van der Waals surface area contributed by atoms with Crippen molar-refractivity contribution in [1.29, 1.82) is 0 Å². The summed E-state index contributed by atoms with van der Waals surface area (Å²) in [5.74, 6) is 0.0834. The molecule has 0 amide bonds. The minimum atomic E-state index is -0.676. The molecule has 2 aliphatic rings. The largest absolute Gasteiger partial charge is 0.373 e. The van der Waals surface area contributed by atoms with Crippen molar-refractivity contribution in [1.82, 2.24) is 0 Å². The summed E-state index contributed by atoms with van der Waals surface area (Å²) in [6.45, 7) is 4.69. The van der Waals surface area contributed by atoms with Crippen molar-refractivity contribution in [3.8, 4) is 0 Å². The van der Waals surface area contributed by atoms with E-state index in [0.717, 1.165) is 38.7 Å². The average molecular weight is 441 g/mol. The average Bonchev–Trinajstić information content (AvgIpc) is 2.84. The number of hydrogen-bond donors (Lipinski definition) is 0. The second kappa shape index (κ2) is 10.9. The van der Waals surface area contributed by atoms with Gasteiger partial charge < -0.3 is 4.74 Å². The van der Waals surface area contributed by atoms with E-state index >= 15 is 0 Å². The van der Waals surface area contributed by atoms with Crippen LogP contribution in [0.3, 0.4) is 0 Å². The lowest BCUT2D eigenvalue weighted by atomic mass is 9.72. The fraction of sp³-hybridized carbons (Fsp3) is 0.586. The monoisotopic (exact) mass is 440 g/mol. The topological polar surface area (TPSA) is 9.23 Å². The van der Waals surface area contributed by atoms with Crippen LogP contribution in [0.4, 0.5) is 8.78 Å². The van der Waals surface area contributed by atoms with Crippen LogP contribution in [0.15, 0.2) is 36.4 Å². The molecule has 1 heterocycles. The molecule has 0 N–H and O–H groups in total. The third kappa shape index (κ3) is 5.42. The molecular weight excluding hydrogens is 402 g/mol. The lowest BCUT2D eigenvalue weighted by molar-refractivity contribution is -0.0391. The third-order valence-corrected chi connectivity index (χ3v) is 7.92. The lowest BCUT2D eigenvalue weighted by Gasteiger charge is -2.38. The van der Waals surface area contributed by atoms with Crippen LogP contribution in [0.5, 0.6) is 0 Å². The van der Waals surface area contributed by atoms with E-state index in [2.05, 4.69) is 31.2 Å². The Labute approximate surface area is 192 Å². The van der Waals surface area contributed by atoms with Crippen molar-refractivity contribution >= 4 is 0 Å². The molecule has 2 unspecified atom stereocenters. The Kier molecular flexibility index (Phi) is 7.99. The highest BCUT2D eigenvalue weighted by molar-refractivity contribution is 5.28. The van der Waals surface area contributed by atoms with Gasteiger partial charge in [-0.2, -0.15) is 0 Å². The molecule has 2 aromatic carbocycles. The van der Waals surface area contributed by atoms with Crippen LogP contribution in [-0.2, 0) is 11.2 Å². The Balaban J connectivity index is 1.25. The highest BCUT2D eigenvalue weighted by Crippen LogP contribution is 2.43. The fourth-order valence-corrected chi connectivity index (χ4v) is 5.76. The Morgan fingerprint density at radius 2 is 1.53 bits per heavy atom. The van der Waals surface area contributed by atoms with E-state index in [9.17, 15) is 8.78 Å². The van der Waals surface area contributed by atoms with Crippen molar-refractivity contribution in [3.05, 3.63) is 70.3 Å². The molecule has 0 radical (unpaired) electrons. The summed E-state index contributed by atoms with van der Waals surface area (Å²) in [5, 5.41) is 0. The fourth-order valence-electron chi connectivity index (χ4n) is 5.76. The van der Waals surface area contributed by atoms with Crippen LogP contribution in [0.2, 0.25) is 0 Å². The maximum atomic E-state index is 14.4. The Hall–Kier alpha value is -1.74. The highest BCUT2D eigenvalue weighted by Gasteiger charge is 2.33. The van der Waals surface area contributed by atoms with Gasteiger partial charge in [-0.15, -0.1) is 0 Å². The van der Waals surface area contributed by atoms with Gasteiger partial charge in [-0.1, -0.05) is 56.2 Å². The molecule has 4 rings (SSSR count). The number of rotatable bonds is 7. The summed E-state index contributed by atoms with van der Waals surface area (Å²) >= 11 is 0. The van der Waals surface area contributed by atoms with Gasteiger partial charge in [0.2, 0.25) is 0 Å². The summed E-state index contributed by atoms with van der Waals surface area (Å²) < 4.78 is 34.7. The molecule has 3 heteroatoms. The number of unbranched alkanes of at least 4 members (excludes halogenated alkanes) is 2. The number of benzene rings is 2. The molecule has 0 aromatic heterocycles. The molecular formula is C29H38F2O. The van der Waals surface area contributed by atoms with Crippen LogP contribution in [0, 0.1) is 30.4 Å². The van der Waals surface area contributed by atoms with E-state index in [1.165, 1.54) is 43.2 Å². The van der Waals surface area contributed by atoms with Gasteiger partial charge in [0, 0.05) is 0 Å². The van der Waals surface area contributed by atoms with Crippen molar-refractivity contribution in [2.75, 3.05) is 6.61 Å². The van der Waals surface area contributed by atoms with Gasteiger partial charge in [0.25, 0.3) is 0 Å². The Morgan fingerprint density at radius 1 is 0.812 bits per heavy atom. The van der Waals surface area contributed by atoms with Gasteiger partial charge >= 0.3 is 0 Å². The molecule has 2 atom stereocenters. The number of ether oxygens (including phenoxy) is 1. The number of halogens is 2. The standard InChI is InChI=1S/C29H38F2O/c1-3-4-5-6-21-8-10-24(11-9-21)27-18-16-25(19-32-27)22-12-14-23(15-13-22)26-17-7-20(2)28(30)29(26)31/h7-11,17,22-23,25,27H,3-6,12-16,18-19H2,1-2H3. The quantitative estimate of drug-likeness (QED) is 0.392. The van der Waals surface area contributed by atoms with Crippen molar-refractivity contribution in [3.63, 3.8) is 0 Å². The van der Waals surface area contributed by atoms with E-state index in [1.54, 1.807) is 19.1 Å². The number of aryl methyl sites for hydroxylation is 2. The normalized spacial score (nSPS) is 26.2. The predicted molar refractivity (Wildman–Crippen MR) is 127 cm³/mol. The first-order valence-corrected chi connectivity index (χ1v) is 12.7. The van der Waals surface area contributed by atoms with Crippen molar-refractivity contribution in [2.45, 2.75) is 90.1 Å². The minimum absolute atomic E-state index is 0.148. The minimum Gasteiger partial charge on any atom is -0.373 e. The Morgan fingerprint density at radius 3 is 2.19 bits per heavy atom. The van der Waals surface area contributed by atoms with Crippen molar-refractivity contribution in [2.24, 2.45) is 11.8 Å². The van der Waals surface area contributed by atoms with Gasteiger partial charge in [-0.25, -0.2) is 8.78 Å². The van der Waals surface area contributed by atoms with E-state index in [4.69, 9.17) is 4.74 Å². The Bertz CT molecular complexity index is 859. The first-order valence-electron chi connectivity index (χ1n) is 12.7. The molecule has 1 saturated heterocycles. The molecule has 32 heavy (non-hydrogen) atoms. The first kappa shape index (κ1) is 23.4. The van der Waals surface area contributed by atoms with E-state index in [-0.39, 0.29) is 12.0 Å². The summed E-state index contributed by atoms with van der Waals surface area (Å²) in [6.07, 6.45) is 11.6. The van der Waals surface area contributed by atoms with Gasteiger partial charge in [-0.05, 0) is 98.3 Å². The molecule has 1 nitrogen and oxygen atoms in total. The predicted octanol–water partition coefficient (Wildman–Crippen LogP) is 8.45. The van der Waals surface area contributed by atoms with Gasteiger partial charge in [0.1, 0.15) is 0 Å². The summed E-state index contributed by atoms with van der Waals surface area (Å²) in [7, 11) is 0.